The molecule has 1 fully saturated rings. The van der Waals surface area contributed by atoms with E-state index in [2.05, 4.69) is 97.1 Å². The Bertz CT molecular complexity index is 1320. The fraction of sp³-hybridized carbons (Fsp3) is 0.212. The molecule has 7 rings (SSSR count). The molecule has 4 unspecified atom stereocenters. The molecule has 0 radical (unpaired) electrons. The van der Waals surface area contributed by atoms with Gasteiger partial charge in [-0.25, -0.2) is 9.98 Å². The van der Waals surface area contributed by atoms with Crippen LogP contribution in [-0.4, -0.2) is 11.8 Å². The Kier molecular flexibility index (Phi) is 5.39. The summed E-state index contributed by atoms with van der Waals surface area (Å²) in [6, 6.07) is 41.5. The monoisotopic (exact) mass is 484 g/mol. The molecule has 0 amide bonds. The molecule has 4 atom stereocenters. The van der Waals surface area contributed by atoms with Crippen molar-refractivity contribution in [2.75, 3.05) is 0 Å². The van der Waals surface area contributed by atoms with Crippen LogP contribution >= 0.6 is 0 Å². The van der Waals surface area contributed by atoms with Crippen LogP contribution in [0.5, 0.6) is 0 Å². The lowest BCUT2D eigenvalue weighted by Gasteiger charge is -2.21. The zero-order chi connectivity index (χ0) is 24.7. The highest BCUT2D eigenvalue weighted by molar-refractivity contribution is 6.09. The van der Waals surface area contributed by atoms with Crippen LogP contribution in [0.2, 0.25) is 0 Å². The van der Waals surface area contributed by atoms with E-state index in [0.29, 0.717) is 0 Å². The lowest BCUT2D eigenvalue weighted by molar-refractivity contribution is 0.170. The van der Waals surface area contributed by atoms with Gasteiger partial charge >= 0.3 is 0 Å². The number of nitrogens with zero attached hydrogens (tertiary/aromatic N) is 2. The summed E-state index contributed by atoms with van der Waals surface area (Å²) in [4.78, 5) is 10.4. The molecule has 37 heavy (non-hydrogen) atoms. The summed E-state index contributed by atoms with van der Waals surface area (Å²) in [5, 5.41) is 0. The Hall–Kier alpha value is -4.18. The zero-order valence-electron chi connectivity index (χ0n) is 20.5. The topological polar surface area (TPSA) is 43.2 Å². The van der Waals surface area contributed by atoms with E-state index < -0.39 is 5.41 Å². The second kappa shape index (κ2) is 9.04. The van der Waals surface area contributed by atoms with Crippen molar-refractivity contribution < 1.29 is 9.47 Å². The van der Waals surface area contributed by atoms with Crippen molar-refractivity contribution in [2.45, 2.75) is 37.1 Å². The van der Waals surface area contributed by atoms with Gasteiger partial charge in [-0.3, -0.25) is 0 Å². The van der Waals surface area contributed by atoms with Crippen molar-refractivity contribution in [3.63, 3.8) is 0 Å². The molecule has 0 saturated heterocycles. The highest BCUT2D eigenvalue weighted by atomic mass is 16.5. The molecule has 1 saturated carbocycles. The van der Waals surface area contributed by atoms with E-state index in [9.17, 15) is 0 Å². The van der Waals surface area contributed by atoms with Crippen LogP contribution in [0.1, 0.15) is 59.4 Å². The van der Waals surface area contributed by atoms with Crippen LogP contribution in [0.15, 0.2) is 131 Å². The largest absolute Gasteiger partial charge is 0.469 e. The smallest absolute Gasteiger partial charge is 0.200 e. The number of rotatable bonds is 6. The first-order chi connectivity index (χ1) is 18.3. The molecule has 4 aromatic rings. The quantitative estimate of drug-likeness (QED) is 0.283. The summed E-state index contributed by atoms with van der Waals surface area (Å²) in [6.07, 6.45) is 1.51. The van der Waals surface area contributed by atoms with Gasteiger partial charge in [-0.2, -0.15) is 0 Å². The average Bonchev–Trinajstić information content (AvgIpc) is 3.45. The predicted molar refractivity (Wildman–Crippen MR) is 145 cm³/mol. The standard InChI is InChI=1S/C33H28N2O2/c1-5-13-23(14-6-1)27-29(25-17-9-3-10-18-25)36-31(34-27)33(21-22-33)32-35-28(24-15-7-2-8-16-24)30(37-32)26-19-11-4-12-20-26/h1-20,27-30H,21-22H2. The van der Waals surface area contributed by atoms with E-state index in [4.69, 9.17) is 19.5 Å². The van der Waals surface area contributed by atoms with Gasteiger partial charge in [-0.1, -0.05) is 121 Å². The van der Waals surface area contributed by atoms with Crippen LogP contribution in [0, 0.1) is 5.41 Å². The molecule has 182 valence electrons. The lowest BCUT2D eigenvalue weighted by atomic mass is 9.97. The summed E-state index contributed by atoms with van der Waals surface area (Å²) in [7, 11) is 0. The number of aliphatic imine (C=N–C) groups is 2. The van der Waals surface area contributed by atoms with Gasteiger partial charge < -0.3 is 9.47 Å². The Balaban J connectivity index is 1.26. The molecule has 0 spiro atoms. The van der Waals surface area contributed by atoms with Crippen LogP contribution in [0.4, 0.5) is 0 Å². The minimum atomic E-state index is -0.396. The summed E-state index contributed by atoms with van der Waals surface area (Å²) in [5.41, 5.74) is 4.17. The third kappa shape index (κ3) is 3.93. The van der Waals surface area contributed by atoms with Crippen LogP contribution in [0.25, 0.3) is 0 Å². The van der Waals surface area contributed by atoms with Crippen molar-refractivity contribution in [3.8, 4) is 0 Å². The maximum atomic E-state index is 6.73. The van der Waals surface area contributed by atoms with Gasteiger partial charge in [0.15, 0.2) is 12.2 Å². The fourth-order valence-corrected chi connectivity index (χ4v) is 5.52. The van der Waals surface area contributed by atoms with Crippen LogP contribution in [-0.2, 0) is 9.47 Å². The molecular weight excluding hydrogens is 456 g/mol. The lowest BCUT2D eigenvalue weighted by Crippen LogP contribution is -2.27. The number of ether oxygens (including phenoxy) is 2. The molecule has 4 nitrogen and oxygen atoms in total. The maximum absolute atomic E-state index is 6.73. The molecular formula is C33H28N2O2. The molecule has 4 aromatic carbocycles. The molecule has 2 heterocycles. The fourth-order valence-electron chi connectivity index (χ4n) is 5.52. The van der Waals surface area contributed by atoms with E-state index in [1.807, 2.05) is 24.3 Å². The average molecular weight is 485 g/mol. The SMILES string of the molecule is c1ccc(C2N=C(C3(C4=NC(c5ccccc5)C(c5ccccc5)O4)CC3)OC2c2ccccc2)cc1. The number of benzene rings is 4. The zero-order valence-corrected chi connectivity index (χ0v) is 20.5. The Morgan fingerprint density at radius 3 is 1.11 bits per heavy atom. The predicted octanol–water partition coefficient (Wildman–Crippen LogP) is 7.59. The van der Waals surface area contributed by atoms with E-state index in [0.717, 1.165) is 46.9 Å². The summed E-state index contributed by atoms with van der Waals surface area (Å²) in [6.45, 7) is 0. The van der Waals surface area contributed by atoms with E-state index >= 15 is 0 Å². The number of hydrogen-bond acceptors (Lipinski definition) is 4. The second-order valence-electron chi connectivity index (χ2n) is 10.1. The van der Waals surface area contributed by atoms with Gasteiger partial charge in [0.1, 0.15) is 17.5 Å². The third-order valence-corrected chi connectivity index (χ3v) is 7.67. The van der Waals surface area contributed by atoms with Gasteiger partial charge in [0.05, 0.1) is 0 Å². The Morgan fingerprint density at radius 1 is 0.459 bits per heavy atom. The molecule has 4 heteroatoms. The van der Waals surface area contributed by atoms with Crippen molar-refractivity contribution >= 4 is 11.8 Å². The maximum Gasteiger partial charge on any atom is 0.200 e. The van der Waals surface area contributed by atoms with Gasteiger partial charge in [0, 0.05) is 0 Å². The Labute approximate surface area is 217 Å². The first-order valence-corrected chi connectivity index (χ1v) is 13.0. The normalized spacial score (nSPS) is 25.5. The van der Waals surface area contributed by atoms with Gasteiger partial charge in [-0.05, 0) is 35.1 Å². The first-order valence-electron chi connectivity index (χ1n) is 13.0. The minimum Gasteiger partial charge on any atom is -0.469 e. The summed E-state index contributed by atoms with van der Waals surface area (Å²) in [5.74, 6) is 1.52. The van der Waals surface area contributed by atoms with Gasteiger partial charge in [0.25, 0.3) is 0 Å². The molecule has 0 N–H and O–H groups in total. The number of hydrogen-bond donors (Lipinski definition) is 0. The minimum absolute atomic E-state index is 0.104. The molecule has 2 aliphatic heterocycles. The molecule has 0 bridgehead atoms. The van der Waals surface area contributed by atoms with Crippen LogP contribution < -0.4 is 0 Å². The summed E-state index contributed by atoms with van der Waals surface area (Å²) >= 11 is 0. The summed E-state index contributed by atoms with van der Waals surface area (Å²) < 4.78 is 13.5. The van der Waals surface area contributed by atoms with Crippen LogP contribution in [0.3, 0.4) is 0 Å². The van der Waals surface area contributed by atoms with E-state index in [-0.39, 0.29) is 24.3 Å². The molecule has 0 aromatic heterocycles. The van der Waals surface area contributed by atoms with Crippen molar-refractivity contribution in [3.05, 3.63) is 144 Å². The highest BCUT2D eigenvalue weighted by Gasteiger charge is 2.60. The van der Waals surface area contributed by atoms with Gasteiger partial charge in [0.2, 0.25) is 11.8 Å². The van der Waals surface area contributed by atoms with E-state index in [1.54, 1.807) is 0 Å². The second-order valence-corrected chi connectivity index (χ2v) is 10.1. The Morgan fingerprint density at radius 2 is 0.784 bits per heavy atom. The van der Waals surface area contributed by atoms with E-state index in [1.165, 1.54) is 0 Å². The molecule has 3 aliphatic rings. The third-order valence-electron chi connectivity index (χ3n) is 7.67. The van der Waals surface area contributed by atoms with Gasteiger partial charge in [-0.15, -0.1) is 0 Å². The molecule has 1 aliphatic carbocycles. The van der Waals surface area contributed by atoms with Crippen molar-refractivity contribution in [2.24, 2.45) is 15.4 Å². The van der Waals surface area contributed by atoms with Crippen molar-refractivity contribution in [1.82, 2.24) is 0 Å². The highest BCUT2D eigenvalue weighted by Crippen LogP contribution is 2.57. The first kappa shape index (κ1) is 22.1. The van der Waals surface area contributed by atoms with Crippen molar-refractivity contribution in [1.29, 1.82) is 0 Å².